The SMILES string of the molecule is CCN=Cc1cc(Br)c(C)cn1. The van der Waals surface area contributed by atoms with Crippen LogP contribution in [0.5, 0.6) is 0 Å². The van der Waals surface area contributed by atoms with Gasteiger partial charge in [-0.1, -0.05) is 15.9 Å². The molecule has 0 saturated heterocycles. The van der Waals surface area contributed by atoms with E-state index in [1.54, 1.807) is 6.21 Å². The van der Waals surface area contributed by atoms with Crippen molar-refractivity contribution < 1.29 is 0 Å². The van der Waals surface area contributed by atoms with Gasteiger partial charge >= 0.3 is 0 Å². The zero-order valence-electron chi connectivity index (χ0n) is 7.21. The van der Waals surface area contributed by atoms with Gasteiger partial charge in [-0.3, -0.25) is 9.98 Å². The second kappa shape index (κ2) is 4.36. The number of pyridine rings is 1. The van der Waals surface area contributed by atoms with E-state index in [1.165, 1.54) is 0 Å². The standard InChI is InChI=1S/C9H11BrN2/c1-3-11-6-8-4-9(10)7(2)5-12-8/h4-6H,3H2,1-2H3. The normalized spacial score (nSPS) is 10.9. The van der Waals surface area contributed by atoms with Gasteiger partial charge in [0, 0.05) is 23.4 Å². The Morgan fingerprint density at radius 2 is 2.42 bits per heavy atom. The first kappa shape index (κ1) is 9.39. The summed E-state index contributed by atoms with van der Waals surface area (Å²) in [6, 6.07) is 1.97. The molecule has 0 atom stereocenters. The van der Waals surface area contributed by atoms with Crippen molar-refractivity contribution in [1.29, 1.82) is 0 Å². The molecule has 0 fully saturated rings. The van der Waals surface area contributed by atoms with Gasteiger partial charge in [0.05, 0.1) is 5.69 Å². The van der Waals surface area contributed by atoms with E-state index in [2.05, 4.69) is 25.9 Å². The van der Waals surface area contributed by atoms with Crippen molar-refractivity contribution in [2.75, 3.05) is 6.54 Å². The van der Waals surface area contributed by atoms with Gasteiger partial charge in [-0.25, -0.2) is 0 Å². The third-order valence-electron chi connectivity index (χ3n) is 1.46. The van der Waals surface area contributed by atoms with Crippen molar-refractivity contribution >= 4 is 22.1 Å². The average Bonchev–Trinajstić information content (AvgIpc) is 2.07. The van der Waals surface area contributed by atoms with Gasteiger partial charge in [0.2, 0.25) is 0 Å². The molecule has 1 rings (SSSR count). The Kier molecular flexibility index (Phi) is 3.41. The van der Waals surface area contributed by atoms with Crippen LogP contribution in [0, 0.1) is 6.92 Å². The number of hydrogen-bond acceptors (Lipinski definition) is 2. The Morgan fingerprint density at radius 3 is 3.00 bits per heavy atom. The molecule has 0 N–H and O–H groups in total. The Labute approximate surface area is 80.9 Å². The monoisotopic (exact) mass is 226 g/mol. The Hall–Kier alpha value is -0.700. The van der Waals surface area contributed by atoms with E-state index in [0.29, 0.717) is 0 Å². The number of nitrogens with zero attached hydrogens (tertiary/aromatic N) is 2. The molecule has 0 unspecified atom stereocenters. The third kappa shape index (κ3) is 2.41. The number of aromatic nitrogens is 1. The number of aryl methyl sites for hydroxylation is 1. The first-order valence-electron chi connectivity index (χ1n) is 3.86. The van der Waals surface area contributed by atoms with Gasteiger partial charge in [0.25, 0.3) is 0 Å². The van der Waals surface area contributed by atoms with Crippen LogP contribution in [0.3, 0.4) is 0 Å². The van der Waals surface area contributed by atoms with Crippen molar-refractivity contribution in [1.82, 2.24) is 4.98 Å². The summed E-state index contributed by atoms with van der Waals surface area (Å²) in [4.78, 5) is 8.30. The molecule has 1 aromatic heterocycles. The molecule has 0 bridgehead atoms. The lowest BCUT2D eigenvalue weighted by Crippen LogP contribution is -1.89. The van der Waals surface area contributed by atoms with Gasteiger partial charge in [-0.05, 0) is 25.5 Å². The minimum atomic E-state index is 0.799. The maximum Gasteiger partial charge on any atom is 0.0819 e. The Balaban J connectivity index is 2.89. The molecule has 0 amide bonds. The molecule has 12 heavy (non-hydrogen) atoms. The van der Waals surface area contributed by atoms with E-state index in [0.717, 1.165) is 22.3 Å². The highest BCUT2D eigenvalue weighted by atomic mass is 79.9. The van der Waals surface area contributed by atoms with E-state index >= 15 is 0 Å². The van der Waals surface area contributed by atoms with E-state index in [4.69, 9.17) is 0 Å². The molecular weight excluding hydrogens is 216 g/mol. The molecule has 1 aromatic rings. The van der Waals surface area contributed by atoms with E-state index < -0.39 is 0 Å². The van der Waals surface area contributed by atoms with Crippen molar-refractivity contribution in [2.24, 2.45) is 4.99 Å². The van der Waals surface area contributed by atoms with Crippen LogP contribution in [0.15, 0.2) is 21.7 Å². The van der Waals surface area contributed by atoms with E-state index in [9.17, 15) is 0 Å². The fourth-order valence-electron chi connectivity index (χ4n) is 0.769. The summed E-state index contributed by atoms with van der Waals surface area (Å²) in [6.45, 7) is 4.81. The number of halogens is 1. The molecule has 0 aliphatic heterocycles. The molecule has 2 nitrogen and oxygen atoms in total. The minimum Gasteiger partial charge on any atom is -0.291 e. The van der Waals surface area contributed by atoms with Gasteiger partial charge < -0.3 is 0 Å². The van der Waals surface area contributed by atoms with Gasteiger partial charge in [0.1, 0.15) is 0 Å². The predicted octanol–water partition coefficient (Wildman–Crippen LogP) is 2.59. The molecule has 64 valence electrons. The maximum absolute atomic E-state index is 4.20. The highest BCUT2D eigenvalue weighted by molar-refractivity contribution is 9.10. The quantitative estimate of drug-likeness (QED) is 0.713. The lowest BCUT2D eigenvalue weighted by molar-refractivity contribution is 1.13. The first-order valence-corrected chi connectivity index (χ1v) is 4.65. The smallest absolute Gasteiger partial charge is 0.0819 e. The molecule has 0 spiro atoms. The highest BCUT2D eigenvalue weighted by Crippen LogP contribution is 2.14. The molecule has 0 aliphatic rings. The van der Waals surface area contributed by atoms with Gasteiger partial charge in [-0.2, -0.15) is 0 Å². The Bertz CT molecular complexity index is 295. The molecule has 0 aliphatic carbocycles. The van der Waals surface area contributed by atoms with Gasteiger partial charge in [-0.15, -0.1) is 0 Å². The fraction of sp³-hybridized carbons (Fsp3) is 0.333. The average molecular weight is 227 g/mol. The van der Waals surface area contributed by atoms with Gasteiger partial charge in [0.15, 0.2) is 0 Å². The van der Waals surface area contributed by atoms with E-state index in [-0.39, 0.29) is 0 Å². The molecule has 0 radical (unpaired) electrons. The van der Waals surface area contributed by atoms with Crippen LogP contribution in [-0.4, -0.2) is 17.7 Å². The number of hydrogen-bond donors (Lipinski definition) is 0. The summed E-state index contributed by atoms with van der Waals surface area (Å²) in [5, 5.41) is 0. The fourth-order valence-corrected chi connectivity index (χ4v) is 1.11. The van der Waals surface area contributed by atoms with Crippen LogP contribution in [-0.2, 0) is 0 Å². The second-order valence-corrected chi connectivity index (χ2v) is 3.34. The summed E-state index contributed by atoms with van der Waals surface area (Å²) in [5.41, 5.74) is 2.04. The molecular formula is C9H11BrN2. The number of aliphatic imine (C=N–C) groups is 1. The maximum atomic E-state index is 4.20. The second-order valence-electron chi connectivity index (χ2n) is 2.49. The topological polar surface area (TPSA) is 25.2 Å². The van der Waals surface area contributed by atoms with Crippen molar-refractivity contribution in [3.8, 4) is 0 Å². The van der Waals surface area contributed by atoms with Crippen molar-refractivity contribution in [2.45, 2.75) is 13.8 Å². The summed E-state index contributed by atoms with van der Waals surface area (Å²) in [5.74, 6) is 0. The molecule has 1 heterocycles. The lowest BCUT2D eigenvalue weighted by atomic mass is 10.3. The summed E-state index contributed by atoms with van der Waals surface area (Å²) < 4.78 is 1.08. The number of rotatable bonds is 2. The summed E-state index contributed by atoms with van der Waals surface area (Å²) in [6.07, 6.45) is 3.62. The largest absolute Gasteiger partial charge is 0.291 e. The van der Waals surface area contributed by atoms with Crippen molar-refractivity contribution in [3.63, 3.8) is 0 Å². The molecule has 3 heteroatoms. The zero-order valence-corrected chi connectivity index (χ0v) is 8.80. The molecule has 0 aromatic carbocycles. The third-order valence-corrected chi connectivity index (χ3v) is 2.32. The summed E-state index contributed by atoms with van der Waals surface area (Å²) >= 11 is 3.44. The first-order chi connectivity index (χ1) is 5.74. The van der Waals surface area contributed by atoms with Crippen LogP contribution >= 0.6 is 15.9 Å². The van der Waals surface area contributed by atoms with Crippen LogP contribution in [0.1, 0.15) is 18.2 Å². The minimum absolute atomic E-state index is 0.799. The van der Waals surface area contributed by atoms with E-state index in [1.807, 2.05) is 26.1 Å². The van der Waals surface area contributed by atoms with Crippen LogP contribution < -0.4 is 0 Å². The lowest BCUT2D eigenvalue weighted by Gasteiger charge is -1.97. The van der Waals surface area contributed by atoms with Crippen LogP contribution in [0.4, 0.5) is 0 Å². The Morgan fingerprint density at radius 1 is 1.67 bits per heavy atom. The molecule has 0 saturated carbocycles. The zero-order chi connectivity index (χ0) is 8.97. The highest BCUT2D eigenvalue weighted by Gasteiger charge is 1.95. The van der Waals surface area contributed by atoms with Crippen molar-refractivity contribution in [3.05, 3.63) is 28.0 Å². The van der Waals surface area contributed by atoms with Crippen LogP contribution in [0.2, 0.25) is 0 Å². The summed E-state index contributed by atoms with van der Waals surface area (Å²) in [7, 11) is 0. The van der Waals surface area contributed by atoms with Crippen LogP contribution in [0.25, 0.3) is 0 Å². The predicted molar refractivity (Wildman–Crippen MR) is 54.8 cm³/mol.